The minimum atomic E-state index is -0.695. The average molecular weight is 249 g/mol. The van der Waals surface area contributed by atoms with E-state index in [1.807, 2.05) is 38.1 Å². The van der Waals surface area contributed by atoms with E-state index in [2.05, 4.69) is 10.6 Å². The molecule has 98 valence electrons. The zero-order valence-electron chi connectivity index (χ0n) is 10.7. The summed E-state index contributed by atoms with van der Waals surface area (Å²) in [5.74, 6) is -0.734. The predicted molar refractivity (Wildman–Crippen MR) is 71.1 cm³/mol. The molecule has 0 radical (unpaired) electrons. The number of hydrogen-bond acceptors (Lipinski definition) is 3. The van der Waals surface area contributed by atoms with Crippen LogP contribution in [0.2, 0.25) is 0 Å². The molecule has 5 nitrogen and oxygen atoms in total. The number of hydrogen-bond donors (Lipinski definition) is 3. The zero-order chi connectivity index (χ0) is 13.5. The van der Waals surface area contributed by atoms with Gasteiger partial charge in [-0.3, -0.25) is 9.59 Å². The lowest BCUT2D eigenvalue weighted by atomic mass is 10.1. The average Bonchev–Trinajstić information content (AvgIpc) is 2.31. The van der Waals surface area contributed by atoms with Crippen molar-refractivity contribution in [1.82, 2.24) is 5.32 Å². The zero-order valence-corrected chi connectivity index (χ0v) is 10.7. The molecule has 5 heteroatoms. The van der Waals surface area contributed by atoms with Crippen molar-refractivity contribution in [3.05, 3.63) is 29.8 Å². The summed E-state index contributed by atoms with van der Waals surface area (Å²) in [6.07, 6.45) is 0.0387. The second-order valence-electron chi connectivity index (χ2n) is 4.12. The van der Waals surface area contributed by atoms with Crippen LogP contribution in [0.5, 0.6) is 0 Å². The lowest BCUT2D eigenvalue weighted by Gasteiger charge is -2.16. The third-order valence-corrected chi connectivity index (χ3v) is 2.50. The molecule has 0 heterocycles. The fourth-order valence-corrected chi connectivity index (χ4v) is 1.53. The van der Waals surface area contributed by atoms with Crippen LogP contribution in [0.15, 0.2) is 24.3 Å². The van der Waals surface area contributed by atoms with Crippen molar-refractivity contribution >= 4 is 17.5 Å². The van der Waals surface area contributed by atoms with Crippen molar-refractivity contribution in [2.75, 3.05) is 11.9 Å². The van der Waals surface area contributed by atoms with Gasteiger partial charge in [0.15, 0.2) is 0 Å². The van der Waals surface area contributed by atoms with Crippen molar-refractivity contribution in [2.24, 2.45) is 5.73 Å². The fourth-order valence-electron chi connectivity index (χ4n) is 1.53. The van der Waals surface area contributed by atoms with E-state index in [-0.39, 0.29) is 12.3 Å². The molecule has 0 aliphatic carbocycles. The van der Waals surface area contributed by atoms with E-state index in [1.54, 1.807) is 0 Å². The molecule has 0 aromatic heterocycles. The summed E-state index contributed by atoms with van der Waals surface area (Å²) in [6, 6.07) is 6.85. The number of nitrogens with two attached hydrogens (primary N) is 1. The van der Waals surface area contributed by atoms with Crippen LogP contribution in [0, 0.1) is 6.92 Å². The van der Waals surface area contributed by atoms with Gasteiger partial charge in [0, 0.05) is 12.2 Å². The first kappa shape index (κ1) is 14.0. The van der Waals surface area contributed by atoms with Gasteiger partial charge in [0.2, 0.25) is 11.8 Å². The summed E-state index contributed by atoms with van der Waals surface area (Å²) in [5.41, 5.74) is 7.17. The summed E-state index contributed by atoms with van der Waals surface area (Å²) in [6.45, 7) is 4.34. The maximum absolute atomic E-state index is 11.4. The second-order valence-corrected chi connectivity index (χ2v) is 4.12. The summed E-state index contributed by atoms with van der Waals surface area (Å²) in [7, 11) is 0. The summed E-state index contributed by atoms with van der Waals surface area (Å²) >= 11 is 0. The van der Waals surface area contributed by atoms with E-state index in [4.69, 9.17) is 5.73 Å². The Hall–Kier alpha value is -2.04. The van der Waals surface area contributed by atoms with E-state index < -0.39 is 11.9 Å². The van der Waals surface area contributed by atoms with Crippen LogP contribution in [0.4, 0.5) is 5.69 Å². The quantitative estimate of drug-likeness (QED) is 0.696. The van der Waals surface area contributed by atoms with Gasteiger partial charge in [0.05, 0.1) is 6.42 Å². The number of rotatable bonds is 6. The molecule has 1 aromatic rings. The third kappa shape index (κ3) is 4.45. The Bertz CT molecular complexity index is 415. The predicted octanol–water partition coefficient (Wildman–Crippen LogP) is 0.787. The Morgan fingerprint density at radius 1 is 1.28 bits per heavy atom. The fraction of sp³-hybridized carbons (Fsp3) is 0.385. The number of aryl methyl sites for hydroxylation is 1. The number of carbonyl (C=O) groups excluding carboxylic acids is 2. The van der Waals surface area contributed by atoms with Crippen molar-refractivity contribution in [3.63, 3.8) is 0 Å². The minimum Gasteiger partial charge on any atom is -0.373 e. The molecule has 1 unspecified atom stereocenters. The molecule has 1 rings (SSSR count). The summed E-state index contributed by atoms with van der Waals surface area (Å²) < 4.78 is 0. The highest BCUT2D eigenvalue weighted by atomic mass is 16.2. The van der Waals surface area contributed by atoms with E-state index in [0.717, 1.165) is 11.3 Å². The maximum atomic E-state index is 11.4. The molecule has 1 aromatic carbocycles. The van der Waals surface area contributed by atoms with Crippen LogP contribution < -0.4 is 16.4 Å². The van der Waals surface area contributed by atoms with Crippen molar-refractivity contribution in [1.29, 1.82) is 0 Å². The number of amides is 2. The highest BCUT2D eigenvalue weighted by molar-refractivity contribution is 5.89. The molecule has 2 amide bonds. The first-order chi connectivity index (χ1) is 8.52. The van der Waals surface area contributed by atoms with Gasteiger partial charge in [0.25, 0.3) is 0 Å². The van der Waals surface area contributed by atoms with Gasteiger partial charge in [-0.25, -0.2) is 0 Å². The Kier molecular flexibility index (Phi) is 5.17. The van der Waals surface area contributed by atoms with Crippen LogP contribution in [0.25, 0.3) is 0 Å². The first-order valence-corrected chi connectivity index (χ1v) is 5.92. The number of anilines is 1. The smallest absolute Gasteiger partial charge is 0.240 e. The van der Waals surface area contributed by atoms with Crippen molar-refractivity contribution < 1.29 is 9.59 Å². The van der Waals surface area contributed by atoms with Crippen molar-refractivity contribution in [2.45, 2.75) is 26.3 Å². The molecule has 18 heavy (non-hydrogen) atoms. The van der Waals surface area contributed by atoms with E-state index >= 15 is 0 Å². The minimum absolute atomic E-state index is 0.0387. The van der Waals surface area contributed by atoms with Gasteiger partial charge >= 0.3 is 0 Å². The van der Waals surface area contributed by atoms with Gasteiger partial charge in [-0.05, 0) is 26.0 Å². The molecule has 0 fully saturated rings. The van der Waals surface area contributed by atoms with E-state index in [9.17, 15) is 9.59 Å². The topological polar surface area (TPSA) is 84.2 Å². The first-order valence-electron chi connectivity index (χ1n) is 5.92. The lowest BCUT2D eigenvalue weighted by Crippen LogP contribution is -2.40. The molecular formula is C13H19N3O2. The highest BCUT2D eigenvalue weighted by Crippen LogP contribution is 2.11. The number of carbonyl (C=O) groups is 2. The van der Waals surface area contributed by atoms with Gasteiger partial charge in [-0.2, -0.15) is 0 Å². The Morgan fingerprint density at radius 3 is 2.39 bits per heavy atom. The molecular weight excluding hydrogens is 230 g/mol. The largest absolute Gasteiger partial charge is 0.373 e. The van der Waals surface area contributed by atoms with Crippen LogP contribution >= 0.6 is 0 Å². The molecule has 0 saturated carbocycles. The highest BCUT2D eigenvalue weighted by Gasteiger charge is 2.18. The number of nitrogens with one attached hydrogen (secondary N) is 2. The van der Waals surface area contributed by atoms with Crippen LogP contribution in [0.1, 0.15) is 18.9 Å². The van der Waals surface area contributed by atoms with E-state index in [0.29, 0.717) is 6.54 Å². The molecule has 0 spiro atoms. The van der Waals surface area contributed by atoms with Crippen LogP contribution in [0.3, 0.4) is 0 Å². The normalized spacial score (nSPS) is 11.7. The van der Waals surface area contributed by atoms with Crippen LogP contribution in [-0.2, 0) is 9.59 Å². The molecule has 0 aliphatic heterocycles. The molecule has 1 atom stereocenters. The van der Waals surface area contributed by atoms with Gasteiger partial charge in [-0.15, -0.1) is 0 Å². The molecule has 4 N–H and O–H groups in total. The van der Waals surface area contributed by atoms with Crippen LogP contribution in [-0.4, -0.2) is 24.4 Å². The third-order valence-electron chi connectivity index (χ3n) is 2.50. The van der Waals surface area contributed by atoms with Gasteiger partial charge in [-0.1, -0.05) is 17.7 Å². The maximum Gasteiger partial charge on any atom is 0.240 e. The second kappa shape index (κ2) is 6.64. The standard InChI is InChI=1S/C13H19N3O2/c1-3-15-12(17)8-11(13(14)18)16-10-6-4-9(2)5-7-10/h4-7,11,16H,3,8H2,1-2H3,(H2,14,18)(H,15,17). The number of primary amides is 1. The Balaban J connectivity index is 2.65. The van der Waals surface area contributed by atoms with E-state index in [1.165, 1.54) is 0 Å². The Morgan fingerprint density at radius 2 is 1.89 bits per heavy atom. The number of benzene rings is 1. The SMILES string of the molecule is CCNC(=O)CC(Nc1ccc(C)cc1)C(N)=O. The Labute approximate surface area is 107 Å². The van der Waals surface area contributed by atoms with Gasteiger partial charge < -0.3 is 16.4 Å². The monoisotopic (exact) mass is 249 g/mol. The molecule has 0 aliphatic rings. The summed E-state index contributed by atoms with van der Waals surface area (Å²) in [4.78, 5) is 22.7. The molecule has 0 saturated heterocycles. The summed E-state index contributed by atoms with van der Waals surface area (Å²) in [5, 5.41) is 5.60. The lowest BCUT2D eigenvalue weighted by molar-refractivity contribution is -0.125. The van der Waals surface area contributed by atoms with Gasteiger partial charge in [0.1, 0.15) is 6.04 Å². The molecule has 0 bridgehead atoms. The van der Waals surface area contributed by atoms with Crippen molar-refractivity contribution in [3.8, 4) is 0 Å².